The van der Waals surface area contributed by atoms with Crippen LogP contribution in [0.5, 0.6) is 0 Å². The summed E-state index contributed by atoms with van der Waals surface area (Å²) < 4.78 is 7.48. The van der Waals surface area contributed by atoms with Crippen molar-refractivity contribution in [2.24, 2.45) is 13.0 Å². The number of carboxylic acids is 1. The van der Waals surface area contributed by atoms with E-state index in [-0.39, 0.29) is 24.0 Å². The van der Waals surface area contributed by atoms with Gasteiger partial charge >= 0.3 is 12.0 Å². The first-order valence-electron chi connectivity index (χ1n) is 9.26. The lowest BCUT2D eigenvalue weighted by molar-refractivity contribution is -0.142. The maximum atomic E-state index is 12.9. The van der Waals surface area contributed by atoms with Crippen molar-refractivity contribution in [3.8, 4) is 0 Å². The molecule has 1 aliphatic heterocycles. The quantitative estimate of drug-likeness (QED) is 0.852. The van der Waals surface area contributed by atoms with Crippen LogP contribution in [0.25, 0.3) is 0 Å². The number of carbonyl (C=O) groups excluding carboxylic acids is 1. The Morgan fingerprint density at radius 1 is 1.23 bits per heavy atom. The number of aromatic nitrogens is 2. The minimum absolute atomic E-state index is 0.0395. The molecule has 1 aromatic rings. The third-order valence-electron chi connectivity index (χ3n) is 5.69. The Labute approximate surface area is 153 Å². The molecule has 1 saturated heterocycles. The zero-order valence-electron chi connectivity index (χ0n) is 15.7. The van der Waals surface area contributed by atoms with Crippen molar-refractivity contribution in [2.75, 3.05) is 19.8 Å². The Hall–Kier alpha value is -2.09. The molecule has 2 heterocycles. The molecular weight excluding hydrogens is 336 g/mol. The van der Waals surface area contributed by atoms with Crippen molar-refractivity contribution in [3.05, 3.63) is 17.0 Å². The molecule has 2 aliphatic rings. The Morgan fingerprint density at radius 3 is 2.50 bits per heavy atom. The van der Waals surface area contributed by atoms with Crippen LogP contribution in [0.1, 0.15) is 48.7 Å². The fourth-order valence-corrected chi connectivity index (χ4v) is 4.10. The van der Waals surface area contributed by atoms with E-state index in [4.69, 9.17) is 9.84 Å². The predicted octanol–water partition coefficient (Wildman–Crippen LogP) is 1.76. The van der Waals surface area contributed by atoms with E-state index < -0.39 is 5.97 Å². The number of ether oxygens (including phenoxy) is 1. The number of rotatable bonds is 3. The predicted molar refractivity (Wildman–Crippen MR) is 94.9 cm³/mol. The van der Waals surface area contributed by atoms with Crippen LogP contribution < -0.4 is 5.32 Å². The number of hydrogen-bond acceptors (Lipinski definition) is 4. The number of carbonyl (C=O) groups is 2. The molecule has 0 bridgehead atoms. The molecule has 1 aromatic heterocycles. The van der Waals surface area contributed by atoms with Crippen molar-refractivity contribution in [1.29, 1.82) is 0 Å². The van der Waals surface area contributed by atoms with Crippen LogP contribution >= 0.6 is 0 Å². The van der Waals surface area contributed by atoms with E-state index in [1.54, 1.807) is 0 Å². The van der Waals surface area contributed by atoms with Gasteiger partial charge in [0.2, 0.25) is 0 Å². The zero-order chi connectivity index (χ0) is 18.8. The molecule has 26 heavy (non-hydrogen) atoms. The van der Waals surface area contributed by atoms with Gasteiger partial charge in [-0.25, -0.2) is 4.79 Å². The summed E-state index contributed by atoms with van der Waals surface area (Å²) in [6.45, 7) is 5.49. The number of nitrogens with one attached hydrogen (secondary N) is 1. The van der Waals surface area contributed by atoms with Crippen LogP contribution in [-0.2, 0) is 16.6 Å². The minimum atomic E-state index is -0.731. The Bertz CT molecular complexity index is 679. The fraction of sp³-hybridized carbons (Fsp3) is 0.722. The van der Waals surface area contributed by atoms with Crippen LogP contribution in [0.15, 0.2) is 0 Å². The molecule has 1 unspecified atom stereocenters. The van der Waals surface area contributed by atoms with Gasteiger partial charge in [0.05, 0.1) is 30.9 Å². The highest BCUT2D eigenvalue weighted by molar-refractivity contribution is 5.75. The van der Waals surface area contributed by atoms with Gasteiger partial charge in [0.15, 0.2) is 0 Å². The van der Waals surface area contributed by atoms with Crippen molar-refractivity contribution in [1.82, 2.24) is 20.0 Å². The normalized spacial score (nSPS) is 26.6. The summed E-state index contributed by atoms with van der Waals surface area (Å²) in [5.74, 6) is -1.01. The summed E-state index contributed by atoms with van der Waals surface area (Å²) in [4.78, 5) is 25.8. The van der Waals surface area contributed by atoms with Crippen LogP contribution in [0, 0.1) is 19.8 Å². The van der Waals surface area contributed by atoms with Gasteiger partial charge in [-0.2, -0.15) is 5.10 Å². The summed E-state index contributed by atoms with van der Waals surface area (Å²) in [6.07, 6.45) is 2.66. The monoisotopic (exact) mass is 364 g/mol. The SMILES string of the molecule is Cc1nn(C)c(C)c1C1COCCN1C(=O)NC1CCC(C(=O)O)CC1. The highest BCUT2D eigenvalue weighted by Gasteiger charge is 2.34. The molecule has 0 aromatic carbocycles. The second-order valence-electron chi connectivity index (χ2n) is 7.33. The number of aryl methyl sites for hydroxylation is 2. The third kappa shape index (κ3) is 3.70. The average Bonchev–Trinajstić information content (AvgIpc) is 2.87. The Kier molecular flexibility index (Phi) is 5.50. The van der Waals surface area contributed by atoms with Gasteiger partial charge in [-0.3, -0.25) is 9.48 Å². The van der Waals surface area contributed by atoms with Crippen LogP contribution in [0.4, 0.5) is 4.79 Å². The Balaban J connectivity index is 1.68. The Morgan fingerprint density at radius 2 is 1.92 bits per heavy atom. The smallest absolute Gasteiger partial charge is 0.318 e. The lowest BCUT2D eigenvalue weighted by atomic mass is 9.86. The fourth-order valence-electron chi connectivity index (χ4n) is 4.10. The number of hydrogen-bond donors (Lipinski definition) is 2. The first kappa shape index (κ1) is 18.7. The van der Waals surface area contributed by atoms with Crippen molar-refractivity contribution in [3.63, 3.8) is 0 Å². The van der Waals surface area contributed by atoms with Gasteiger partial charge in [0, 0.05) is 30.9 Å². The van der Waals surface area contributed by atoms with E-state index in [0.29, 0.717) is 45.4 Å². The molecule has 8 heteroatoms. The second-order valence-corrected chi connectivity index (χ2v) is 7.33. The first-order chi connectivity index (χ1) is 12.4. The summed E-state index contributed by atoms with van der Waals surface area (Å²) in [5, 5.41) is 16.7. The number of nitrogens with zero attached hydrogens (tertiary/aromatic N) is 3. The molecule has 2 fully saturated rings. The average molecular weight is 364 g/mol. The number of morpholine rings is 1. The maximum absolute atomic E-state index is 12.9. The standard InChI is InChI=1S/C18H28N4O4/c1-11-16(12(2)21(3)20-11)15-10-26-9-8-22(15)18(25)19-14-6-4-13(5-7-14)17(23)24/h13-15H,4-10H2,1-3H3,(H,19,25)(H,23,24). The lowest BCUT2D eigenvalue weighted by Crippen LogP contribution is -2.51. The van der Waals surface area contributed by atoms with E-state index >= 15 is 0 Å². The van der Waals surface area contributed by atoms with Gasteiger partial charge in [-0.05, 0) is 39.5 Å². The number of aliphatic carboxylic acids is 1. The largest absolute Gasteiger partial charge is 0.481 e. The van der Waals surface area contributed by atoms with E-state index in [1.807, 2.05) is 30.5 Å². The van der Waals surface area contributed by atoms with Gasteiger partial charge in [0.1, 0.15) is 0 Å². The van der Waals surface area contributed by atoms with E-state index in [0.717, 1.165) is 17.0 Å². The maximum Gasteiger partial charge on any atom is 0.318 e. The van der Waals surface area contributed by atoms with Crippen LogP contribution in [0.2, 0.25) is 0 Å². The molecule has 0 spiro atoms. The zero-order valence-corrected chi connectivity index (χ0v) is 15.7. The van der Waals surface area contributed by atoms with Gasteiger partial charge < -0.3 is 20.1 Å². The number of carboxylic acid groups (broad SMARTS) is 1. The minimum Gasteiger partial charge on any atom is -0.481 e. The summed E-state index contributed by atoms with van der Waals surface area (Å²) in [5.41, 5.74) is 3.01. The van der Waals surface area contributed by atoms with Gasteiger partial charge in [-0.1, -0.05) is 0 Å². The molecule has 3 rings (SSSR count). The number of amides is 2. The third-order valence-corrected chi connectivity index (χ3v) is 5.69. The number of urea groups is 1. The molecular formula is C18H28N4O4. The molecule has 8 nitrogen and oxygen atoms in total. The second kappa shape index (κ2) is 7.65. The van der Waals surface area contributed by atoms with E-state index in [1.165, 1.54) is 0 Å². The molecule has 0 radical (unpaired) electrons. The molecule has 144 valence electrons. The first-order valence-corrected chi connectivity index (χ1v) is 9.26. The van der Waals surface area contributed by atoms with Gasteiger partial charge in [-0.15, -0.1) is 0 Å². The van der Waals surface area contributed by atoms with E-state index in [2.05, 4.69) is 10.4 Å². The molecule has 1 saturated carbocycles. The van der Waals surface area contributed by atoms with Crippen LogP contribution in [-0.4, -0.2) is 57.6 Å². The molecule has 2 N–H and O–H groups in total. The van der Waals surface area contributed by atoms with E-state index in [9.17, 15) is 9.59 Å². The van der Waals surface area contributed by atoms with Crippen molar-refractivity contribution >= 4 is 12.0 Å². The molecule has 1 aliphatic carbocycles. The summed E-state index contributed by atoms with van der Waals surface area (Å²) in [6, 6.07) is -0.203. The molecule has 1 atom stereocenters. The summed E-state index contributed by atoms with van der Waals surface area (Å²) >= 11 is 0. The lowest BCUT2D eigenvalue weighted by Gasteiger charge is -2.37. The topological polar surface area (TPSA) is 96.7 Å². The highest BCUT2D eigenvalue weighted by Crippen LogP contribution is 2.30. The van der Waals surface area contributed by atoms with Gasteiger partial charge in [0.25, 0.3) is 0 Å². The van der Waals surface area contributed by atoms with Crippen LogP contribution in [0.3, 0.4) is 0 Å². The molecule has 2 amide bonds. The highest BCUT2D eigenvalue weighted by atomic mass is 16.5. The van der Waals surface area contributed by atoms with Crippen molar-refractivity contribution < 1.29 is 19.4 Å². The summed E-state index contributed by atoms with van der Waals surface area (Å²) in [7, 11) is 1.90. The van der Waals surface area contributed by atoms with Crippen molar-refractivity contribution in [2.45, 2.75) is 51.6 Å².